The number of nitrogens with one attached hydrogen (secondary N) is 1. The van der Waals surface area contributed by atoms with Crippen molar-refractivity contribution in [3.05, 3.63) is 65.9 Å². The molecular weight excluding hydrogens is 378 g/mol. The maximum atomic E-state index is 12.5. The molecule has 2 aromatic carbocycles. The largest absolute Gasteiger partial charge is 0.497 e. The van der Waals surface area contributed by atoms with E-state index in [2.05, 4.69) is 10.4 Å². The molecule has 9 heteroatoms. The van der Waals surface area contributed by atoms with Crippen LogP contribution in [0, 0.1) is 0 Å². The molecule has 29 heavy (non-hydrogen) atoms. The molecule has 3 rings (SSSR count). The fraction of sp³-hybridized carbons (Fsp3) is 0.100. The molecule has 1 aromatic heterocycles. The van der Waals surface area contributed by atoms with Gasteiger partial charge in [0, 0.05) is 11.8 Å². The maximum Gasteiger partial charge on any atom is 0.335 e. The molecule has 0 saturated carbocycles. The standard InChI is InChI=1S/C20H17N3O6/c1-29-15-8-4-12(5-9-15)18-16(19(26)21-10-17(24)25)11-23(22-18)14-6-2-13(3-7-14)20(27)28/h2-9,11H,10H2,1H3,(H,21,26)(H,24,25)(H,27,28). The van der Waals surface area contributed by atoms with Crippen LogP contribution in [-0.4, -0.2) is 51.5 Å². The average molecular weight is 395 g/mol. The highest BCUT2D eigenvalue weighted by Gasteiger charge is 2.19. The molecule has 0 aliphatic carbocycles. The molecule has 9 nitrogen and oxygen atoms in total. The van der Waals surface area contributed by atoms with Crippen LogP contribution < -0.4 is 10.1 Å². The molecule has 0 aliphatic rings. The molecule has 0 fully saturated rings. The van der Waals surface area contributed by atoms with Crippen molar-refractivity contribution < 1.29 is 29.3 Å². The fourth-order valence-corrected chi connectivity index (χ4v) is 2.64. The van der Waals surface area contributed by atoms with Crippen molar-refractivity contribution in [3.8, 4) is 22.7 Å². The van der Waals surface area contributed by atoms with Gasteiger partial charge in [0.05, 0.1) is 23.9 Å². The molecule has 0 radical (unpaired) electrons. The minimum Gasteiger partial charge on any atom is -0.497 e. The number of aromatic carboxylic acids is 1. The lowest BCUT2D eigenvalue weighted by Crippen LogP contribution is -2.29. The van der Waals surface area contributed by atoms with Crippen molar-refractivity contribution in [2.24, 2.45) is 0 Å². The van der Waals surface area contributed by atoms with Crippen molar-refractivity contribution in [3.63, 3.8) is 0 Å². The van der Waals surface area contributed by atoms with Crippen LogP contribution in [0.4, 0.5) is 0 Å². The SMILES string of the molecule is COc1ccc(-c2nn(-c3ccc(C(=O)O)cc3)cc2C(=O)NCC(=O)O)cc1. The maximum absolute atomic E-state index is 12.5. The van der Waals surface area contributed by atoms with Crippen LogP contribution >= 0.6 is 0 Å². The monoisotopic (exact) mass is 395 g/mol. The van der Waals surface area contributed by atoms with E-state index >= 15 is 0 Å². The van der Waals surface area contributed by atoms with Gasteiger partial charge in [-0.2, -0.15) is 5.10 Å². The molecule has 1 heterocycles. The van der Waals surface area contributed by atoms with E-state index in [9.17, 15) is 14.4 Å². The zero-order valence-corrected chi connectivity index (χ0v) is 15.3. The van der Waals surface area contributed by atoms with Crippen LogP contribution in [0.2, 0.25) is 0 Å². The second kappa shape index (κ2) is 8.26. The molecule has 1 amide bonds. The third kappa shape index (κ3) is 4.41. The highest BCUT2D eigenvalue weighted by Crippen LogP contribution is 2.26. The second-order valence-electron chi connectivity index (χ2n) is 5.99. The Labute approximate surface area is 165 Å². The normalized spacial score (nSPS) is 10.4. The summed E-state index contributed by atoms with van der Waals surface area (Å²) in [7, 11) is 1.54. The van der Waals surface area contributed by atoms with Gasteiger partial charge >= 0.3 is 11.9 Å². The summed E-state index contributed by atoms with van der Waals surface area (Å²) in [5.74, 6) is -2.17. The molecule has 148 valence electrons. The Balaban J connectivity index is 2.03. The van der Waals surface area contributed by atoms with Crippen LogP contribution in [0.25, 0.3) is 16.9 Å². The quantitative estimate of drug-likeness (QED) is 0.558. The van der Waals surface area contributed by atoms with Crippen LogP contribution in [0.1, 0.15) is 20.7 Å². The smallest absolute Gasteiger partial charge is 0.335 e. The van der Waals surface area contributed by atoms with Gasteiger partial charge in [-0.25, -0.2) is 9.48 Å². The number of amides is 1. The Morgan fingerprint density at radius 3 is 2.24 bits per heavy atom. The summed E-state index contributed by atoms with van der Waals surface area (Å²) in [6, 6.07) is 12.9. The van der Waals surface area contributed by atoms with E-state index in [1.807, 2.05) is 0 Å². The van der Waals surface area contributed by atoms with E-state index in [1.54, 1.807) is 36.4 Å². The first-order valence-electron chi connectivity index (χ1n) is 8.47. The molecule has 0 unspecified atom stereocenters. The summed E-state index contributed by atoms with van der Waals surface area (Å²) in [6.07, 6.45) is 1.46. The minimum absolute atomic E-state index is 0.121. The van der Waals surface area contributed by atoms with E-state index in [1.165, 1.54) is 30.1 Å². The first-order chi connectivity index (χ1) is 13.9. The number of benzene rings is 2. The predicted octanol–water partition coefficient (Wildman–Crippen LogP) is 2.06. The lowest BCUT2D eigenvalue weighted by atomic mass is 10.1. The number of aromatic nitrogens is 2. The predicted molar refractivity (Wildman–Crippen MR) is 102 cm³/mol. The molecule has 3 aromatic rings. The topological polar surface area (TPSA) is 131 Å². The van der Waals surface area contributed by atoms with Crippen LogP contribution in [0.3, 0.4) is 0 Å². The summed E-state index contributed by atoms with van der Waals surface area (Å²) in [6.45, 7) is -0.528. The first-order valence-corrected chi connectivity index (χ1v) is 8.47. The van der Waals surface area contributed by atoms with E-state index in [4.69, 9.17) is 14.9 Å². The lowest BCUT2D eigenvalue weighted by Gasteiger charge is -2.04. The van der Waals surface area contributed by atoms with Crippen molar-refractivity contribution in [2.75, 3.05) is 13.7 Å². The van der Waals surface area contributed by atoms with Crippen molar-refractivity contribution in [1.29, 1.82) is 0 Å². The Morgan fingerprint density at radius 1 is 1.03 bits per heavy atom. The number of carboxylic acids is 2. The lowest BCUT2D eigenvalue weighted by molar-refractivity contribution is -0.135. The average Bonchev–Trinajstić information content (AvgIpc) is 3.17. The minimum atomic E-state index is -1.17. The zero-order chi connectivity index (χ0) is 21.0. The summed E-state index contributed by atoms with van der Waals surface area (Å²) in [5, 5.41) is 24.6. The van der Waals surface area contributed by atoms with Gasteiger partial charge in [-0.3, -0.25) is 9.59 Å². The number of ether oxygens (including phenoxy) is 1. The van der Waals surface area contributed by atoms with E-state index < -0.39 is 24.4 Å². The second-order valence-corrected chi connectivity index (χ2v) is 5.99. The van der Waals surface area contributed by atoms with Gasteiger partial charge in [0.15, 0.2) is 0 Å². The number of hydrogen-bond acceptors (Lipinski definition) is 5. The molecule has 0 bridgehead atoms. The Bertz CT molecular complexity index is 1050. The molecule has 0 aliphatic heterocycles. The number of carbonyl (C=O) groups excluding carboxylic acids is 1. The molecule has 0 saturated heterocycles. The molecular formula is C20H17N3O6. The van der Waals surface area contributed by atoms with E-state index in [0.717, 1.165) is 0 Å². The third-order valence-corrected chi connectivity index (χ3v) is 4.10. The van der Waals surface area contributed by atoms with Gasteiger partial charge in [-0.1, -0.05) is 0 Å². The van der Waals surface area contributed by atoms with Crippen molar-refractivity contribution >= 4 is 17.8 Å². The van der Waals surface area contributed by atoms with Crippen LogP contribution in [-0.2, 0) is 4.79 Å². The van der Waals surface area contributed by atoms with Gasteiger partial charge < -0.3 is 20.3 Å². The number of aliphatic carboxylic acids is 1. The van der Waals surface area contributed by atoms with E-state index in [0.29, 0.717) is 22.7 Å². The highest BCUT2D eigenvalue weighted by atomic mass is 16.5. The fourth-order valence-electron chi connectivity index (χ4n) is 2.64. The molecule has 3 N–H and O–H groups in total. The Morgan fingerprint density at radius 2 is 1.69 bits per heavy atom. The van der Waals surface area contributed by atoms with Gasteiger partial charge in [0.25, 0.3) is 5.91 Å². The number of nitrogens with zero attached hydrogens (tertiary/aromatic N) is 2. The van der Waals surface area contributed by atoms with Crippen molar-refractivity contribution in [2.45, 2.75) is 0 Å². The molecule has 0 atom stereocenters. The van der Waals surface area contributed by atoms with E-state index in [-0.39, 0.29) is 11.1 Å². The third-order valence-electron chi connectivity index (χ3n) is 4.10. The number of hydrogen-bond donors (Lipinski definition) is 3. The number of carboxylic acid groups (broad SMARTS) is 2. The number of methoxy groups -OCH3 is 1. The van der Waals surface area contributed by atoms with Gasteiger partial charge in [-0.05, 0) is 48.5 Å². The summed E-state index contributed by atoms with van der Waals surface area (Å²) >= 11 is 0. The van der Waals surface area contributed by atoms with Crippen molar-refractivity contribution in [1.82, 2.24) is 15.1 Å². The first kappa shape index (κ1) is 19.6. The van der Waals surface area contributed by atoms with Gasteiger partial charge in [-0.15, -0.1) is 0 Å². The number of rotatable bonds is 7. The summed E-state index contributed by atoms with van der Waals surface area (Å²) in [5.41, 5.74) is 1.82. The highest BCUT2D eigenvalue weighted by molar-refractivity contribution is 6.01. The summed E-state index contributed by atoms with van der Waals surface area (Å²) < 4.78 is 6.57. The molecule has 0 spiro atoms. The van der Waals surface area contributed by atoms with Gasteiger partial charge in [0.2, 0.25) is 0 Å². The summed E-state index contributed by atoms with van der Waals surface area (Å²) in [4.78, 5) is 34.3. The Kier molecular flexibility index (Phi) is 5.59. The Hall–Kier alpha value is -4.14. The zero-order valence-electron chi connectivity index (χ0n) is 15.3. The van der Waals surface area contributed by atoms with Crippen LogP contribution in [0.5, 0.6) is 5.75 Å². The van der Waals surface area contributed by atoms with Crippen LogP contribution in [0.15, 0.2) is 54.7 Å². The number of carbonyl (C=O) groups is 3. The van der Waals surface area contributed by atoms with Gasteiger partial charge in [0.1, 0.15) is 18.0 Å².